The molecule has 0 aromatic carbocycles. The second-order valence-electron chi connectivity index (χ2n) is 5.00. The highest BCUT2D eigenvalue weighted by atomic mass is 32.2. The number of nitrogens with zero attached hydrogens (tertiary/aromatic N) is 3. The smallest absolute Gasteiger partial charge is 0.263 e. The van der Waals surface area contributed by atoms with Gasteiger partial charge in [0.05, 0.1) is 6.10 Å². The summed E-state index contributed by atoms with van der Waals surface area (Å²) in [4.78, 5) is 4.17. The lowest BCUT2D eigenvalue weighted by atomic mass is 10.1. The van der Waals surface area contributed by atoms with E-state index in [-0.39, 0.29) is 17.4 Å². The molecule has 114 valence electrons. The Kier molecular flexibility index (Phi) is 3.57. The van der Waals surface area contributed by atoms with Crippen molar-refractivity contribution in [1.29, 1.82) is 0 Å². The maximum absolute atomic E-state index is 12.8. The van der Waals surface area contributed by atoms with Crippen molar-refractivity contribution in [3.05, 3.63) is 24.4 Å². The van der Waals surface area contributed by atoms with Gasteiger partial charge < -0.3 is 10.5 Å². The standard InChI is InChI=1S/C12H17N5O3S/c13-15-11-12(17-7-2-1-5-10(17)14-11)21(19,20)16-6-3-4-9(18)8-16/h1-2,5,7,9,15,18H,3-4,6,8,13H2. The fraction of sp³-hybridized carbons (Fsp3) is 0.417. The van der Waals surface area contributed by atoms with Gasteiger partial charge in [-0.2, -0.15) is 4.31 Å². The predicted octanol–water partition coefficient (Wildman–Crippen LogP) is -0.235. The van der Waals surface area contributed by atoms with Gasteiger partial charge >= 0.3 is 0 Å². The maximum Gasteiger partial charge on any atom is 0.263 e. The molecular weight excluding hydrogens is 294 g/mol. The number of hydrazine groups is 1. The molecule has 0 aliphatic carbocycles. The molecule has 3 heterocycles. The summed E-state index contributed by atoms with van der Waals surface area (Å²) in [7, 11) is -3.79. The Labute approximate surface area is 122 Å². The monoisotopic (exact) mass is 311 g/mol. The van der Waals surface area contributed by atoms with Crippen molar-refractivity contribution in [2.24, 2.45) is 5.84 Å². The topological polar surface area (TPSA) is 113 Å². The molecule has 1 fully saturated rings. The average molecular weight is 311 g/mol. The molecule has 4 N–H and O–H groups in total. The Morgan fingerprint density at radius 2 is 2.24 bits per heavy atom. The first-order valence-electron chi connectivity index (χ1n) is 6.66. The zero-order chi connectivity index (χ0) is 15.0. The number of sulfonamides is 1. The predicted molar refractivity (Wildman–Crippen MR) is 77.0 cm³/mol. The molecule has 1 saturated heterocycles. The number of fused-ring (bicyclic) bond motifs is 1. The molecule has 1 unspecified atom stereocenters. The molecule has 2 aromatic heterocycles. The van der Waals surface area contributed by atoms with Gasteiger partial charge in [0.15, 0.2) is 5.82 Å². The van der Waals surface area contributed by atoms with E-state index in [9.17, 15) is 13.5 Å². The van der Waals surface area contributed by atoms with E-state index in [2.05, 4.69) is 10.4 Å². The summed E-state index contributed by atoms with van der Waals surface area (Å²) in [6, 6.07) is 5.19. The highest BCUT2D eigenvalue weighted by Crippen LogP contribution is 2.27. The van der Waals surface area contributed by atoms with E-state index >= 15 is 0 Å². The number of nitrogens with two attached hydrogens (primary N) is 1. The van der Waals surface area contributed by atoms with Crippen LogP contribution in [-0.4, -0.2) is 46.4 Å². The SMILES string of the molecule is NNc1nc2ccccn2c1S(=O)(=O)N1CCCC(O)C1. The summed E-state index contributed by atoms with van der Waals surface area (Å²) < 4.78 is 28.4. The van der Waals surface area contributed by atoms with Crippen molar-refractivity contribution in [3.8, 4) is 0 Å². The molecule has 21 heavy (non-hydrogen) atoms. The Hall–Kier alpha value is -1.68. The van der Waals surface area contributed by atoms with Crippen molar-refractivity contribution in [2.75, 3.05) is 18.5 Å². The van der Waals surface area contributed by atoms with E-state index in [1.165, 1.54) is 8.71 Å². The van der Waals surface area contributed by atoms with Gasteiger partial charge in [0.2, 0.25) is 5.03 Å². The van der Waals surface area contributed by atoms with Crippen molar-refractivity contribution < 1.29 is 13.5 Å². The fourth-order valence-electron chi connectivity index (χ4n) is 2.58. The Bertz CT molecular complexity index is 757. The van der Waals surface area contributed by atoms with Gasteiger partial charge in [-0.15, -0.1) is 0 Å². The molecule has 8 nitrogen and oxygen atoms in total. The van der Waals surface area contributed by atoms with E-state index in [4.69, 9.17) is 5.84 Å². The Morgan fingerprint density at radius 3 is 2.95 bits per heavy atom. The first-order valence-corrected chi connectivity index (χ1v) is 8.10. The molecule has 0 amide bonds. The van der Waals surface area contributed by atoms with Gasteiger partial charge in [-0.3, -0.25) is 4.40 Å². The minimum atomic E-state index is -3.79. The molecule has 1 atom stereocenters. The van der Waals surface area contributed by atoms with Crippen LogP contribution in [0.5, 0.6) is 0 Å². The van der Waals surface area contributed by atoms with Crippen LogP contribution < -0.4 is 11.3 Å². The van der Waals surface area contributed by atoms with Crippen LogP contribution in [0.25, 0.3) is 5.65 Å². The number of anilines is 1. The highest BCUT2D eigenvalue weighted by molar-refractivity contribution is 7.89. The van der Waals surface area contributed by atoms with E-state index in [1.807, 2.05) is 0 Å². The number of hydrogen-bond donors (Lipinski definition) is 3. The van der Waals surface area contributed by atoms with Crippen molar-refractivity contribution >= 4 is 21.5 Å². The third-order valence-electron chi connectivity index (χ3n) is 3.57. The lowest BCUT2D eigenvalue weighted by Crippen LogP contribution is -2.42. The van der Waals surface area contributed by atoms with Crippen molar-refractivity contribution in [1.82, 2.24) is 13.7 Å². The van der Waals surface area contributed by atoms with Gasteiger partial charge in [-0.25, -0.2) is 19.2 Å². The lowest BCUT2D eigenvalue weighted by Gasteiger charge is -2.29. The number of hydrogen-bond acceptors (Lipinski definition) is 6. The van der Waals surface area contributed by atoms with Crippen LogP contribution in [0.3, 0.4) is 0 Å². The van der Waals surface area contributed by atoms with Crippen LogP contribution in [0.1, 0.15) is 12.8 Å². The van der Waals surface area contributed by atoms with Crippen LogP contribution in [0.4, 0.5) is 5.82 Å². The zero-order valence-corrected chi connectivity index (χ0v) is 12.1. The van der Waals surface area contributed by atoms with Gasteiger partial charge in [-0.05, 0) is 25.0 Å². The molecule has 0 bridgehead atoms. The fourth-order valence-corrected chi connectivity index (χ4v) is 4.31. The number of rotatable bonds is 3. The lowest BCUT2D eigenvalue weighted by molar-refractivity contribution is 0.108. The minimum absolute atomic E-state index is 0.00491. The van der Waals surface area contributed by atoms with Crippen LogP contribution in [0.15, 0.2) is 29.4 Å². The van der Waals surface area contributed by atoms with Crippen LogP contribution in [0.2, 0.25) is 0 Å². The van der Waals surface area contributed by atoms with E-state index in [0.717, 1.165) is 0 Å². The van der Waals surface area contributed by atoms with Crippen LogP contribution >= 0.6 is 0 Å². The number of aromatic nitrogens is 2. The molecule has 9 heteroatoms. The number of nitrogens with one attached hydrogen (secondary N) is 1. The number of aliphatic hydroxyl groups is 1. The van der Waals surface area contributed by atoms with Gasteiger partial charge in [0.1, 0.15) is 5.65 Å². The molecule has 3 rings (SSSR count). The summed E-state index contributed by atoms with van der Waals surface area (Å²) in [6.07, 6.45) is 2.22. The van der Waals surface area contributed by atoms with E-state index in [0.29, 0.717) is 25.0 Å². The second-order valence-corrected chi connectivity index (χ2v) is 6.85. The Balaban J connectivity index is 2.14. The van der Waals surface area contributed by atoms with E-state index in [1.54, 1.807) is 24.4 Å². The van der Waals surface area contributed by atoms with Crippen LogP contribution in [-0.2, 0) is 10.0 Å². The summed E-state index contributed by atoms with van der Waals surface area (Å²) in [5, 5.41) is 9.71. The van der Waals surface area contributed by atoms with Gasteiger partial charge in [0.25, 0.3) is 10.0 Å². The first-order chi connectivity index (χ1) is 10.0. The molecular formula is C12H17N5O3S. The summed E-state index contributed by atoms with van der Waals surface area (Å²) in [5.41, 5.74) is 2.83. The van der Waals surface area contributed by atoms with Crippen LogP contribution in [0, 0.1) is 0 Å². The largest absolute Gasteiger partial charge is 0.392 e. The number of nitrogen functional groups attached to an aromatic ring is 1. The van der Waals surface area contributed by atoms with Gasteiger partial charge in [0, 0.05) is 19.3 Å². The Morgan fingerprint density at radius 1 is 1.43 bits per heavy atom. The quantitative estimate of drug-likeness (QED) is 0.533. The number of β-amino-alcohol motifs (C(OH)–C–C–N with tert-alkyl or cyclic N) is 1. The highest BCUT2D eigenvalue weighted by Gasteiger charge is 2.34. The second kappa shape index (κ2) is 5.26. The number of piperidine rings is 1. The molecule has 0 radical (unpaired) electrons. The molecule has 2 aromatic rings. The maximum atomic E-state index is 12.8. The first kappa shape index (κ1) is 14.3. The zero-order valence-electron chi connectivity index (χ0n) is 11.3. The van der Waals surface area contributed by atoms with Crippen molar-refractivity contribution in [3.63, 3.8) is 0 Å². The third-order valence-corrected chi connectivity index (χ3v) is 5.46. The molecule has 0 saturated carbocycles. The third kappa shape index (κ3) is 2.38. The summed E-state index contributed by atoms with van der Waals surface area (Å²) in [5.74, 6) is 5.51. The molecule has 1 aliphatic rings. The summed E-state index contributed by atoms with van der Waals surface area (Å²) >= 11 is 0. The minimum Gasteiger partial charge on any atom is -0.392 e. The summed E-state index contributed by atoms with van der Waals surface area (Å²) in [6.45, 7) is 0.468. The molecule has 0 spiro atoms. The average Bonchev–Trinajstić information content (AvgIpc) is 2.86. The normalized spacial score (nSPS) is 20.8. The van der Waals surface area contributed by atoms with E-state index < -0.39 is 16.1 Å². The number of pyridine rings is 1. The van der Waals surface area contributed by atoms with Crippen molar-refractivity contribution in [2.45, 2.75) is 24.0 Å². The number of imidazole rings is 1. The van der Waals surface area contributed by atoms with Gasteiger partial charge in [-0.1, -0.05) is 6.07 Å². The molecule has 1 aliphatic heterocycles. The number of aliphatic hydroxyl groups excluding tert-OH is 1.